The van der Waals surface area contributed by atoms with Crippen LogP contribution in [0.15, 0.2) is 0 Å². The Morgan fingerprint density at radius 2 is 2.14 bits per heavy atom. The molecule has 120 valence electrons. The molecular weight excluding hydrogens is 282 g/mol. The minimum atomic E-state index is 0.0719. The first-order valence-corrected chi connectivity index (χ1v) is 9.73. The Hall–Kier alpha value is -0.260. The lowest BCUT2D eigenvalue weighted by molar-refractivity contribution is -0.134. The van der Waals surface area contributed by atoms with E-state index in [9.17, 15) is 4.79 Å². The van der Waals surface area contributed by atoms with Gasteiger partial charge < -0.3 is 9.80 Å². The molecule has 3 aliphatic heterocycles. The van der Waals surface area contributed by atoms with Crippen LogP contribution in [0.5, 0.6) is 0 Å². The predicted molar refractivity (Wildman–Crippen MR) is 88.4 cm³/mol. The monoisotopic (exact) mass is 311 g/mol. The van der Waals surface area contributed by atoms with Gasteiger partial charge in [0.15, 0.2) is 0 Å². The van der Waals surface area contributed by atoms with Crippen molar-refractivity contribution >= 4 is 17.7 Å². The largest absolute Gasteiger partial charge is 0.341 e. The number of carbonyl (C=O) groups is 1. The molecule has 1 N–H and O–H groups in total. The average molecular weight is 311 g/mol. The lowest BCUT2D eigenvalue weighted by Crippen LogP contribution is -2.51. The number of likely N-dealkylation sites (tertiary alicyclic amines) is 2. The maximum atomic E-state index is 12.5. The van der Waals surface area contributed by atoms with E-state index in [-0.39, 0.29) is 6.04 Å². The molecule has 3 rings (SSSR count). The molecule has 4 nitrogen and oxygen atoms in total. The minimum Gasteiger partial charge on any atom is -0.341 e. The van der Waals surface area contributed by atoms with Crippen molar-refractivity contribution in [3.63, 3.8) is 0 Å². The molecule has 1 amide bonds. The average Bonchev–Trinajstić information content (AvgIpc) is 3.03. The van der Waals surface area contributed by atoms with Crippen molar-refractivity contribution in [2.45, 2.75) is 51.1 Å². The molecule has 0 bridgehead atoms. The maximum Gasteiger partial charge on any atom is 0.240 e. The molecule has 3 aliphatic rings. The summed E-state index contributed by atoms with van der Waals surface area (Å²) in [6.45, 7) is 6.76. The van der Waals surface area contributed by atoms with E-state index in [4.69, 9.17) is 0 Å². The Kier molecular flexibility index (Phi) is 5.46. The Labute approximate surface area is 133 Å². The summed E-state index contributed by atoms with van der Waals surface area (Å²) < 4.78 is 0. The van der Waals surface area contributed by atoms with E-state index >= 15 is 0 Å². The van der Waals surface area contributed by atoms with Gasteiger partial charge in [-0.15, -0.1) is 11.8 Å². The van der Waals surface area contributed by atoms with Crippen molar-refractivity contribution in [1.29, 1.82) is 0 Å². The molecule has 3 fully saturated rings. The van der Waals surface area contributed by atoms with Crippen molar-refractivity contribution in [3.05, 3.63) is 0 Å². The quantitative estimate of drug-likeness (QED) is 0.861. The van der Waals surface area contributed by atoms with Crippen LogP contribution >= 0.6 is 11.8 Å². The van der Waals surface area contributed by atoms with Gasteiger partial charge >= 0.3 is 0 Å². The lowest BCUT2D eigenvalue weighted by atomic mass is 9.94. The zero-order valence-electron chi connectivity index (χ0n) is 13.2. The molecule has 3 heterocycles. The topological polar surface area (TPSA) is 35.6 Å². The van der Waals surface area contributed by atoms with Gasteiger partial charge in [-0.1, -0.05) is 6.42 Å². The van der Waals surface area contributed by atoms with E-state index in [1.807, 2.05) is 11.8 Å². The van der Waals surface area contributed by atoms with Gasteiger partial charge in [0, 0.05) is 37.3 Å². The third-order valence-electron chi connectivity index (χ3n) is 5.28. The first kappa shape index (κ1) is 15.6. The van der Waals surface area contributed by atoms with E-state index in [0.29, 0.717) is 11.8 Å². The highest BCUT2D eigenvalue weighted by atomic mass is 32.2. The van der Waals surface area contributed by atoms with E-state index in [1.165, 1.54) is 45.2 Å². The Balaban J connectivity index is 1.51. The molecule has 3 atom stereocenters. The highest BCUT2D eigenvalue weighted by molar-refractivity contribution is 7.99. The molecule has 21 heavy (non-hydrogen) atoms. The number of rotatable bonds is 3. The second kappa shape index (κ2) is 7.34. The SMILES string of the molecule is C[C@H]1CCCCN1C[C@H]1CCCN(C(=O)[C@H]2CSCN2)C1. The summed E-state index contributed by atoms with van der Waals surface area (Å²) in [5.74, 6) is 2.90. The summed E-state index contributed by atoms with van der Waals surface area (Å²) >= 11 is 1.84. The molecule has 0 aromatic heterocycles. The zero-order valence-corrected chi connectivity index (χ0v) is 14.0. The molecule has 0 spiro atoms. The number of hydrogen-bond donors (Lipinski definition) is 1. The molecule has 5 heteroatoms. The summed E-state index contributed by atoms with van der Waals surface area (Å²) in [7, 11) is 0. The molecule has 0 radical (unpaired) electrons. The van der Waals surface area contributed by atoms with E-state index in [2.05, 4.69) is 22.0 Å². The molecule has 0 unspecified atom stereocenters. The summed E-state index contributed by atoms with van der Waals surface area (Å²) in [4.78, 5) is 17.3. The summed E-state index contributed by atoms with van der Waals surface area (Å²) in [6.07, 6.45) is 6.55. The van der Waals surface area contributed by atoms with Gasteiger partial charge in [0.05, 0.1) is 6.04 Å². The highest BCUT2D eigenvalue weighted by Gasteiger charge is 2.32. The van der Waals surface area contributed by atoms with Crippen LogP contribution in [0.1, 0.15) is 39.0 Å². The number of hydrogen-bond acceptors (Lipinski definition) is 4. The van der Waals surface area contributed by atoms with Crippen LogP contribution < -0.4 is 5.32 Å². The number of carbonyl (C=O) groups excluding carboxylic acids is 1. The Bertz CT molecular complexity index is 359. The van der Waals surface area contributed by atoms with Crippen LogP contribution in [0.25, 0.3) is 0 Å². The van der Waals surface area contributed by atoms with Gasteiger partial charge in [0.2, 0.25) is 5.91 Å². The van der Waals surface area contributed by atoms with Crippen LogP contribution in [0, 0.1) is 5.92 Å². The van der Waals surface area contributed by atoms with Gasteiger partial charge in [-0.25, -0.2) is 0 Å². The smallest absolute Gasteiger partial charge is 0.240 e. The fraction of sp³-hybridized carbons (Fsp3) is 0.938. The first-order valence-electron chi connectivity index (χ1n) is 8.58. The van der Waals surface area contributed by atoms with Gasteiger partial charge in [0.25, 0.3) is 0 Å². The minimum absolute atomic E-state index is 0.0719. The fourth-order valence-electron chi connectivity index (χ4n) is 3.95. The fourth-order valence-corrected chi connectivity index (χ4v) is 4.88. The third kappa shape index (κ3) is 3.93. The summed E-state index contributed by atoms with van der Waals surface area (Å²) in [5, 5.41) is 3.32. The standard InChI is InChI=1S/C16H29N3OS/c1-13-5-2-3-7-18(13)9-14-6-4-8-19(10-14)16(20)15-11-21-12-17-15/h13-15,17H,2-12H2,1H3/t13-,14+,15+/m0/s1. The van der Waals surface area contributed by atoms with Crippen molar-refractivity contribution < 1.29 is 4.79 Å². The lowest BCUT2D eigenvalue weighted by Gasteiger charge is -2.40. The third-order valence-corrected chi connectivity index (χ3v) is 6.22. The molecule has 0 saturated carbocycles. The van der Waals surface area contributed by atoms with Gasteiger partial charge in [-0.3, -0.25) is 10.1 Å². The van der Waals surface area contributed by atoms with Crippen LogP contribution in [0.2, 0.25) is 0 Å². The molecular formula is C16H29N3OS. The van der Waals surface area contributed by atoms with Gasteiger partial charge in [-0.05, 0) is 45.1 Å². The summed E-state index contributed by atoms with van der Waals surface area (Å²) in [6, 6.07) is 0.806. The summed E-state index contributed by atoms with van der Waals surface area (Å²) in [5.41, 5.74) is 0. The normalized spacial score (nSPS) is 35.1. The van der Waals surface area contributed by atoms with Crippen molar-refractivity contribution in [1.82, 2.24) is 15.1 Å². The van der Waals surface area contributed by atoms with Crippen molar-refractivity contribution in [2.75, 3.05) is 37.8 Å². The van der Waals surface area contributed by atoms with Crippen LogP contribution in [-0.2, 0) is 4.79 Å². The van der Waals surface area contributed by atoms with Crippen LogP contribution in [0.3, 0.4) is 0 Å². The predicted octanol–water partition coefficient (Wildman–Crippen LogP) is 1.76. The zero-order chi connectivity index (χ0) is 14.7. The first-order chi connectivity index (χ1) is 10.2. The Morgan fingerprint density at radius 1 is 1.24 bits per heavy atom. The molecule has 0 aliphatic carbocycles. The number of piperidine rings is 2. The van der Waals surface area contributed by atoms with Gasteiger partial charge in [-0.2, -0.15) is 0 Å². The molecule has 0 aromatic rings. The van der Waals surface area contributed by atoms with Crippen LogP contribution in [0.4, 0.5) is 0 Å². The van der Waals surface area contributed by atoms with E-state index < -0.39 is 0 Å². The maximum absolute atomic E-state index is 12.5. The van der Waals surface area contributed by atoms with Crippen LogP contribution in [-0.4, -0.2) is 65.6 Å². The molecule has 3 saturated heterocycles. The molecule has 0 aromatic carbocycles. The number of thioether (sulfide) groups is 1. The Morgan fingerprint density at radius 3 is 2.90 bits per heavy atom. The van der Waals surface area contributed by atoms with E-state index in [0.717, 1.165) is 30.8 Å². The number of nitrogens with one attached hydrogen (secondary N) is 1. The van der Waals surface area contributed by atoms with Gasteiger partial charge in [0.1, 0.15) is 0 Å². The number of amides is 1. The van der Waals surface area contributed by atoms with E-state index in [1.54, 1.807) is 0 Å². The highest BCUT2D eigenvalue weighted by Crippen LogP contribution is 2.24. The second-order valence-corrected chi connectivity index (χ2v) is 7.93. The van der Waals surface area contributed by atoms with Crippen molar-refractivity contribution in [2.24, 2.45) is 5.92 Å². The number of nitrogens with zero attached hydrogens (tertiary/aromatic N) is 2. The second-order valence-electron chi connectivity index (χ2n) is 6.90. The van der Waals surface area contributed by atoms with Crippen molar-refractivity contribution in [3.8, 4) is 0 Å².